The van der Waals surface area contributed by atoms with E-state index in [9.17, 15) is 0 Å². The molecule has 1 aliphatic heterocycles. The van der Waals surface area contributed by atoms with Crippen molar-refractivity contribution in [3.05, 3.63) is 0 Å². The summed E-state index contributed by atoms with van der Waals surface area (Å²) in [5, 5.41) is 0. The molecule has 0 N–H and O–H groups in total. The van der Waals surface area contributed by atoms with Gasteiger partial charge in [0.05, 0.1) is 27.7 Å². The summed E-state index contributed by atoms with van der Waals surface area (Å²) in [6, 6.07) is 0. The van der Waals surface area contributed by atoms with Crippen molar-refractivity contribution in [2.45, 2.75) is 6.10 Å². The van der Waals surface area contributed by atoms with E-state index in [-0.39, 0.29) is 42.0 Å². The molecule has 0 aromatic carbocycles. The molecule has 1 unspecified atom stereocenters. The average Bonchev–Trinajstić information content (AvgIpc) is 2.12. The first-order chi connectivity index (χ1) is 3.58. The van der Waals surface area contributed by atoms with Gasteiger partial charge in [0, 0.05) is 0 Å². The first-order valence-corrected chi connectivity index (χ1v) is 3.00. The van der Waals surface area contributed by atoms with Gasteiger partial charge in [0.2, 0.25) is 0 Å². The summed E-state index contributed by atoms with van der Waals surface area (Å²) in [7, 11) is 6.55. The van der Waals surface area contributed by atoms with E-state index in [4.69, 9.17) is 4.74 Å². The normalized spacial score (nSPS) is 22.5. The van der Waals surface area contributed by atoms with Crippen molar-refractivity contribution in [3.8, 4) is 0 Å². The molecule has 2 nitrogen and oxygen atoms in total. The molecule has 0 amide bonds. The Hall–Kier alpha value is 1.21. The average molecular weight is 177 g/mol. The van der Waals surface area contributed by atoms with Crippen LogP contribution in [0.3, 0.4) is 0 Å². The molecule has 0 radical (unpaired) electrons. The van der Waals surface area contributed by atoms with Gasteiger partial charge in [-0.2, -0.15) is 0 Å². The van der Waals surface area contributed by atoms with E-state index < -0.39 is 0 Å². The molecule has 1 atom stereocenters. The van der Waals surface area contributed by atoms with Crippen molar-refractivity contribution in [2.24, 2.45) is 0 Å². The molecule has 1 fully saturated rings. The zero-order chi connectivity index (χ0) is 6.20. The van der Waals surface area contributed by atoms with Gasteiger partial charge in [0.15, 0.2) is 0 Å². The fraction of sp³-hybridized carbons (Fsp3) is 1.00. The first kappa shape index (κ1) is 13.8. The van der Waals surface area contributed by atoms with E-state index in [2.05, 4.69) is 21.1 Å². The van der Waals surface area contributed by atoms with Gasteiger partial charge in [-0.25, -0.2) is 0 Å². The monoisotopic (exact) mass is 176 g/mol. The summed E-state index contributed by atoms with van der Waals surface area (Å²) >= 11 is 0. The second kappa shape index (κ2) is 4.96. The van der Waals surface area contributed by atoms with Crippen LogP contribution in [0, 0.1) is 0 Å². The molecule has 10 heavy (non-hydrogen) atoms. The molecule has 0 saturated carbocycles. The number of hydrogen-bond acceptors (Lipinski definition) is 1. The van der Waals surface area contributed by atoms with Gasteiger partial charge in [-0.1, -0.05) is 0 Å². The molecule has 0 spiro atoms. The number of halogens is 1. The summed E-state index contributed by atoms with van der Waals surface area (Å²) in [5.41, 5.74) is 0. The maximum atomic E-state index is 5.07. The molecule has 58 valence electrons. The molecular formula is C6H16ClNNaO+. The second-order valence-corrected chi connectivity index (χ2v) is 3.43. The van der Waals surface area contributed by atoms with Gasteiger partial charge in [-0.3, -0.25) is 0 Å². The number of ether oxygens (including phenoxy) is 1. The Morgan fingerprint density at radius 3 is 1.90 bits per heavy atom. The van der Waals surface area contributed by atoms with Crippen LogP contribution < -0.4 is 0 Å². The Morgan fingerprint density at radius 2 is 1.80 bits per heavy atom. The molecule has 0 aromatic rings. The van der Waals surface area contributed by atoms with Crippen LogP contribution in [0.1, 0.15) is 0 Å². The van der Waals surface area contributed by atoms with Crippen LogP contribution in [0.2, 0.25) is 0 Å². The third-order valence-electron chi connectivity index (χ3n) is 1.15. The van der Waals surface area contributed by atoms with E-state index in [1.165, 1.54) is 0 Å². The van der Waals surface area contributed by atoms with Gasteiger partial charge in [-0.15, -0.1) is 12.4 Å². The second-order valence-electron chi connectivity index (χ2n) is 3.43. The third-order valence-corrected chi connectivity index (χ3v) is 1.15. The van der Waals surface area contributed by atoms with Gasteiger partial charge in [0.1, 0.15) is 12.6 Å². The fourth-order valence-electron chi connectivity index (χ4n) is 0.784. The van der Waals surface area contributed by atoms with Crippen molar-refractivity contribution < 1.29 is 9.22 Å². The number of hydrogen-bond donors (Lipinski definition) is 0. The molecule has 4 heteroatoms. The number of nitrogens with zero attached hydrogens (tertiary/aromatic N) is 1. The van der Waals surface area contributed by atoms with Gasteiger partial charge < -0.3 is 9.22 Å². The van der Waals surface area contributed by atoms with Gasteiger partial charge in [-0.05, 0) is 0 Å². The van der Waals surface area contributed by atoms with Crippen LogP contribution in [-0.4, -0.2) is 74.4 Å². The number of quaternary nitrogens is 1. The maximum absolute atomic E-state index is 5.07. The summed E-state index contributed by atoms with van der Waals surface area (Å²) in [5.74, 6) is 0. The Labute approximate surface area is 91.2 Å². The minimum atomic E-state index is 0. The standard InChI is InChI=1S/C6H14NO.ClH.Na.H/c1-7(2,3)4-6-5-8-6;;;/h6H,4-5H2,1-3H3;1H;;/q+1;;;. The molecule has 1 aliphatic rings. The topological polar surface area (TPSA) is 12.5 Å². The Bertz CT molecular complexity index is 90.2. The molecule has 1 rings (SSSR count). The fourth-order valence-corrected chi connectivity index (χ4v) is 0.784. The SMILES string of the molecule is C[N+](C)(C)CC1CO1.Cl.[NaH]. The van der Waals surface area contributed by atoms with Gasteiger partial charge >= 0.3 is 29.6 Å². The van der Waals surface area contributed by atoms with Crippen molar-refractivity contribution in [2.75, 3.05) is 34.3 Å². The minimum absolute atomic E-state index is 0. The number of epoxide rings is 1. The molecule has 1 saturated heterocycles. The van der Waals surface area contributed by atoms with Crippen molar-refractivity contribution in [1.29, 1.82) is 0 Å². The van der Waals surface area contributed by atoms with Crippen LogP contribution in [0.15, 0.2) is 0 Å². The van der Waals surface area contributed by atoms with Crippen LogP contribution in [0.4, 0.5) is 0 Å². The van der Waals surface area contributed by atoms with E-state index >= 15 is 0 Å². The van der Waals surface area contributed by atoms with Crippen LogP contribution in [0.25, 0.3) is 0 Å². The van der Waals surface area contributed by atoms with Crippen LogP contribution in [0.5, 0.6) is 0 Å². The Balaban J connectivity index is 0. The molecule has 0 aromatic heterocycles. The van der Waals surface area contributed by atoms with Crippen molar-refractivity contribution in [1.82, 2.24) is 0 Å². The number of likely N-dealkylation sites (N-methyl/N-ethyl adjacent to an activating group) is 1. The van der Waals surface area contributed by atoms with E-state index in [1.54, 1.807) is 0 Å². The van der Waals surface area contributed by atoms with Crippen molar-refractivity contribution in [3.63, 3.8) is 0 Å². The van der Waals surface area contributed by atoms with E-state index in [0.29, 0.717) is 6.10 Å². The Morgan fingerprint density at radius 1 is 1.40 bits per heavy atom. The third kappa shape index (κ3) is 7.32. The first-order valence-electron chi connectivity index (χ1n) is 3.00. The predicted octanol–water partition coefficient (Wildman–Crippen LogP) is -0.135. The van der Waals surface area contributed by atoms with Crippen LogP contribution in [-0.2, 0) is 4.74 Å². The molecule has 0 aliphatic carbocycles. The molecular weight excluding hydrogens is 161 g/mol. The predicted molar refractivity (Wildman–Crippen MR) is 47.0 cm³/mol. The zero-order valence-electron chi connectivity index (χ0n) is 6.26. The van der Waals surface area contributed by atoms with E-state index in [0.717, 1.165) is 17.6 Å². The van der Waals surface area contributed by atoms with Crippen LogP contribution >= 0.6 is 12.4 Å². The molecule has 0 bridgehead atoms. The van der Waals surface area contributed by atoms with Crippen molar-refractivity contribution >= 4 is 42.0 Å². The summed E-state index contributed by atoms with van der Waals surface area (Å²) < 4.78 is 6.09. The zero-order valence-corrected chi connectivity index (χ0v) is 7.07. The quantitative estimate of drug-likeness (QED) is 0.324. The van der Waals surface area contributed by atoms with Gasteiger partial charge in [0.25, 0.3) is 0 Å². The summed E-state index contributed by atoms with van der Waals surface area (Å²) in [4.78, 5) is 0. The Kier molecular flexibility index (Phi) is 6.84. The number of rotatable bonds is 2. The summed E-state index contributed by atoms with van der Waals surface area (Å²) in [6.07, 6.45) is 0.565. The van der Waals surface area contributed by atoms with E-state index in [1.807, 2.05) is 0 Å². The molecule has 1 heterocycles. The summed E-state index contributed by atoms with van der Waals surface area (Å²) in [6.45, 7) is 2.13.